The SMILES string of the molecule is CCS(=O)c1ccccc1C(=O)OC(C)C(=O)Nc1ccc(C)c(F)c1. The van der Waals surface area contributed by atoms with Gasteiger partial charge in [-0.15, -0.1) is 0 Å². The zero-order valence-corrected chi connectivity index (χ0v) is 15.6. The molecule has 2 rings (SSSR count). The maximum atomic E-state index is 13.6. The fourth-order valence-electron chi connectivity index (χ4n) is 2.18. The van der Waals surface area contributed by atoms with E-state index in [9.17, 15) is 18.2 Å². The molecule has 2 aromatic carbocycles. The number of hydrogen-bond donors (Lipinski definition) is 1. The van der Waals surface area contributed by atoms with Gasteiger partial charge >= 0.3 is 5.97 Å². The summed E-state index contributed by atoms with van der Waals surface area (Å²) < 4.78 is 30.8. The molecule has 7 heteroatoms. The third kappa shape index (κ3) is 4.76. The molecule has 0 saturated carbocycles. The van der Waals surface area contributed by atoms with E-state index in [1.54, 1.807) is 38.1 Å². The van der Waals surface area contributed by atoms with Crippen LogP contribution in [0.2, 0.25) is 0 Å². The quantitative estimate of drug-likeness (QED) is 0.783. The molecule has 0 bridgehead atoms. The Bertz CT molecular complexity index is 853. The highest BCUT2D eigenvalue weighted by atomic mass is 32.2. The van der Waals surface area contributed by atoms with Crippen LogP contribution < -0.4 is 5.32 Å². The zero-order valence-electron chi connectivity index (χ0n) is 14.7. The molecule has 26 heavy (non-hydrogen) atoms. The molecular weight excluding hydrogens is 357 g/mol. The van der Waals surface area contributed by atoms with Gasteiger partial charge in [-0.2, -0.15) is 0 Å². The summed E-state index contributed by atoms with van der Waals surface area (Å²) in [6.45, 7) is 4.77. The van der Waals surface area contributed by atoms with E-state index < -0.39 is 34.6 Å². The molecule has 138 valence electrons. The lowest BCUT2D eigenvalue weighted by Crippen LogP contribution is -2.30. The number of esters is 1. The predicted molar refractivity (Wildman–Crippen MR) is 98.0 cm³/mol. The van der Waals surface area contributed by atoms with Crippen LogP contribution in [0.25, 0.3) is 0 Å². The third-order valence-electron chi connectivity index (χ3n) is 3.71. The number of aryl methyl sites for hydroxylation is 1. The lowest BCUT2D eigenvalue weighted by Gasteiger charge is -2.15. The van der Waals surface area contributed by atoms with Gasteiger partial charge in [0.2, 0.25) is 0 Å². The molecule has 0 aliphatic rings. The second-order valence-corrected chi connectivity index (χ2v) is 7.34. The van der Waals surface area contributed by atoms with Gasteiger partial charge in [0.1, 0.15) is 5.82 Å². The van der Waals surface area contributed by atoms with Crippen molar-refractivity contribution >= 4 is 28.4 Å². The number of carbonyl (C=O) groups is 2. The van der Waals surface area contributed by atoms with Gasteiger partial charge in [0, 0.05) is 11.4 Å². The maximum absolute atomic E-state index is 13.6. The molecule has 2 atom stereocenters. The number of nitrogens with one attached hydrogen (secondary N) is 1. The second kappa shape index (κ2) is 8.71. The fourth-order valence-corrected chi connectivity index (χ4v) is 3.12. The van der Waals surface area contributed by atoms with Gasteiger partial charge in [0.25, 0.3) is 5.91 Å². The third-order valence-corrected chi connectivity index (χ3v) is 5.08. The number of amides is 1. The number of ether oxygens (including phenoxy) is 1. The van der Waals surface area contributed by atoms with Crippen LogP contribution in [0.1, 0.15) is 29.8 Å². The van der Waals surface area contributed by atoms with E-state index in [2.05, 4.69) is 5.32 Å². The minimum absolute atomic E-state index is 0.161. The van der Waals surface area contributed by atoms with E-state index in [0.717, 1.165) is 0 Å². The minimum atomic E-state index is -1.33. The molecule has 0 aromatic heterocycles. The molecule has 0 heterocycles. The number of hydrogen-bond acceptors (Lipinski definition) is 4. The number of anilines is 1. The van der Waals surface area contributed by atoms with Crippen LogP contribution in [0.15, 0.2) is 47.4 Å². The summed E-state index contributed by atoms with van der Waals surface area (Å²) in [6, 6.07) is 10.7. The van der Waals surface area contributed by atoms with Crippen LogP contribution in [0.5, 0.6) is 0 Å². The topological polar surface area (TPSA) is 72.5 Å². The molecule has 0 aliphatic carbocycles. The van der Waals surface area contributed by atoms with Crippen molar-refractivity contribution in [2.45, 2.75) is 31.8 Å². The summed E-state index contributed by atoms with van der Waals surface area (Å²) in [4.78, 5) is 24.9. The van der Waals surface area contributed by atoms with Gasteiger partial charge in [-0.05, 0) is 43.7 Å². The van der Waals surface area contributed by atoms with Crippen LogP contribution in [-0.4, -0.2) is 27.9 Å². The molecule has 0 radical (unpaired) electrons. The summed E-state index contributed by atoms with van der Waals surface area (Å²) in [5, 5.41) is 2.50. The van der Waals surface area contributed by atoms with E-state index >= 15 is 0 Å². The first-order valence-electron chi connectivity index (χ1n) is 8.09. The zero-order chi connectivity index (χ0) is 19.3. The molecular formula is C19H20FNO4S. The van der Waals surface area contributed by atoms with Gasteiger partial charge < -0.3 is 10.1 Å². The van der Waals surface area contributed by atoms with E-state index in [0.29, 0.717) is 16.2 Å². The summed E-state index contributed by atoms with van der Waals surface area (Å²) in [5.74, 6) is -1.40. The van der Waals surface area contributed by atoms with E-state index in [1.807, 2.05) is 0 Å². The minimum Gasteiger partial charge on any atom is -0.449 e. The first-order chi connectivity index (χ1) is 12.3. The molecule has 0 aliphatic heterocycles. The van der Waals surface area contributed by atoms with Gasteiger partial charge in [0.05, 0.1) is 21.3 Å². The molecule has 0 saturated heterocycles. The molecule has 1 N–H and O–H groups in total. The highest BCUT2D eigenvalue weighted by molar-refractivity contribution is 7.85. The second-order valence-electron chi connectivity index (χ2n) is 5.63. The van der Waals surface area contributed by atoms with E-state index in [1.165, 1.54) is 25.1 Å². The van der Waals surface area contributed by atoms with Gasteiger partial charge in [0.15, 0.2) is 6.10 Å². The number of rotatable bonds is 6. The Morgan fingerprint density at radius 2 is 1.92 bits per heavy atom. The van der Waals surface area contributed by atoms with Gasteiger partial charge in [-0.25, -0.2) is 9.18 Å². The highest BCUT2D eigenvalue weighted by Crippen LogP contribution is 2.17. The van der Waals surface area contributed by atoms with Crippen molar-refractivity contribution in [3.63, 3.8) is 0 Å². The van der Waals surface area contributed by atoms with Crippen molar-refractivity contribution in [1.82, 2.24) is 0 Å². The van der Waals surface area contributed by atoms with E-state index in [4.69, 9.17) is 4.74 Å². The molecule has 2 aromatic rings. The number of benzene rings is 2. The molecule has 0 spiro atoms. The Kier molecular flexibility index (Phi) is 6.63. The van der Waals surface area contributed by atoms with Crippen LogP contribution in [-0.2, 0) is 20.3 Å². The fraction of sp³-hybridized carbons (Fsp3) is 0.263. The Morgan fingerprint density at radius 3 is 2.58 bits per heavy atom. The lowest BCUT2D eigenvalue weighted by atomic mass is 10.2. The van der Waals surface area contributed by atoms with Gasteiger partial charge in [-0.1, -0.05) is 25.1 Å². The van der Waals surface area contributed by atoms with Crippen molar-refractivity contribution in [3.05, 3.63) is 59.4 Å². The smallest absolute Gasteiger partial charge is 0.340 e. The average molecular weight is 377 g/mol. The van der Waals surface area contributed by atoms with Crippen molar-refractivity contribution in [3.8, 4) is 0 Å². The first kappa shape index (κ1) is 19.8. The molecule has 5 nitrogen and oxygen atoms in total. The summed E-state index contributed by atoms with van der Waals surface area (Å²) in [5.41, 5.74) is 0.894. The largest absolute Gasteiger partial charge is 0.449 e. The number of halogens is 1. The normalized spacial score (nSPS) is 12.9. The molecule has 2 unspecified atom stereocenters. The van der Waals surface area contributed by atoms with Crippen molar-refractivity contribution < 1.29 is 22.9 Å². The Balaban J connectivity index is 2.08. The first-order valence-corrected chi connectivity index (χ1v) is 9.40. The van der Waals surface area contributed by atoms with Gasteiger partial charge in [-0.3, -0.25) is 9.00 Å². The van der Waals surface area contributed by atoms with Crippen molar-refractivity contribution in [2.24, 2.45) is 0 Å². The Morgan fingerprint density at radius 1 is 1.23 bits per heavy atom. The van der Waals surface area contributed by atoms with Crippen LogP contribution >= 0.6 is 0 Å². The Labute approximate surface area is 154 Å². The average Bonchev–Trinajstić information content (AvgIpc) is 2.63. The van der Waals surface area contributed by atoms with Crippen molar-refractivity contribution in [2.75, 3.05) is 11.1 Å². The van der Waals surface area contributed by atoms with E-state index in [-0.39, 0.29) is 11.3 Å². The summed E-state index contributed by atoms with van der Waals surface area (Å²) in [6.07, 6.45) is -1.10. The summed E-state index contributed by atoms with van der Waals surface area (Å²) in [7, 11) is -1.33. The van der Waals surface area contributed by atoms with Crippen LogP contribution in [0.3, 0.4) is 0 Å². The standard InChI is InChI=1S/C19H20FNO4S/c1-4-26(24)17-8-6-5-7-15(17)19(23)25-13(3)18(22)21-14-10-9-12(2)16(20)11-14/h5-11,13H,4H2,1-3H3,(H,21,22). The number of carbonyl (C=O) groups excluding carboxylic acids is 2. The Hall–Kier alpha value is -2.54. The van der Waals surface area contributed by atoms with Crippen molar-refractivity contribution in [1.29, 1.82) is 0 Å². The van der Waals surface area contributed by atoms with Crippen LogP contribution in [0.4, 0.5) is 10.1 Å². The monoisotopic (exact) mass is 377 g/mol. The predicted octanol–water partition coefficient (Wildman–Crippen LogP) is 3.45. The molecule has 0 fully saturated rings. The van der Waals surface area contributed by atoms with Crippen LogP contribution in [0, 0.1) is 12.7 Å². The maximum Gasteiger partial charge on any atom is 0.340 e. The summed E-state index contributed by atoms with van der Waals surface area (Å²) >= 11 is 0. The lowest BCUT2D eigenvalue weighted by molar-refractivity contribution is -0.123. The molecule has 1 amide bonds. The highest BCUT2D eigenvalue weighted by Gasteiger charge is 2.22.